The van der Waals surface area contributed by atoms with Gasteiger partial charge in [-0.1, -0.05) is 23.7 Å². The number of fused-ring (bicyclic) bond motifs is 3. The number of Topliss-reactive ketones (excluding diaryl/α,β-unsaturated/α-hetero) is 1. The van der Waals surface area contributed by atoms with Gasteiger partial charge in [-0.25, -0.2) is 17.8 Å². The van der Waals surface area contributed by atoms with Gasteiger partial charge in [0.05, 0.1) is 20.9 Å². The number of nitrogens with zero attached hydrogens (tertiary/aromatic N) is 1. The summed E-state index contributed by atoms with van der Waals surface area (Å²) in [6.45, 7) is 0.752. The smallest absolute Gasteiger partial charge is 0.333 e. The van der Waals surface area contributed by atoms with Crippen LogP contribution in [0.4, 0.5) is 5.69 Å². The Balaban J connectivity index is 1.39. The van der Waals surface area contributed by atoms with Crippen LogP contribution in [0.3, 0.4) is 0 Å². The molecule has 0 bridgehead atoms. The maximum atomic E-state index is 13.1. The quantitative estimate of drug-likeness (QED) is 0.407. The largest absolute Gasteiger partial charge is 0.384 e. The second-order valence-corrected chi connectivity index (χ2v) is 11.9. The molecule has 0 atom stereocenters. The van der Waals surface area contributed by atoms with Crippen molar-refractivity contribution < 1.29 is 13.2 Å². The molecular weight excluding hydrogens is 498 g/mol. The van der Waals surface area contributed by atoms with Gasteiger partial charge >= 0.3 is 5.69 Å². The molecule has 0 amide bonds. The Hall–Kier alpha value is -3.21. The van der Waals surface area contributed by atoms with Crippen molar-refractivity contribution >= 4 is 55.1 Å². The van der Waals surface area contributed by atoms with Gasteiger partial charge < -0.3 is 10.3 Å². The topological polar surface area (TPSA) is 118 Å². The van der Waals surface area contributed by atoms with Crippen LogP contribution in [0, 0.1) is 0 Å². The molecule has 2 aromatic carbocycles. The summed E-state index contributed by atoms with van der Waals surface area (Å²) in [4.78, 5) is 41.1. The number of aromatic amines is 1. The summed E-state index contributed by atoms with van der Waals surface area (Å²) in [5.41, 5.74) is 2.32. The van der Waals surface area contributed by atoms with Gasteiger partial charge in [0, 0.05) is 24.2 Å². The van der Waals surface area contributed by atoms with E-state index in [0.29, 0.717) is 26.5 Å². The van der Waals surface area contributed by atoms with Crippen LogP contribution >= 0.6 is 22.9 Å². The molecule has 1 aliphatic heterocycles. The highest BCUT2D eigenvalue weighted by atomic mass is 35.5. The Labute approximate surface area is 202 Å². The van der Waals surface area contributed by atoms with Crippen molar-refractivity contribution in [3.63, 3.8) is 0 Å². The van der Waals surface area contributed by atoms with Gasteiger partial charge in [0.2, 0.25) is 0 Å². The number of nitrogens with one attached hydrogen (secondary N) is 2. The molecule has 0 saturated heterocycles. The molecule has 34 heavy (non-hydrogen) atoms. The number of H-pyrrole nitrogens is 1. The highest BCUT2D eigenvalue weighted by molar-refractivity contribution is 7.94. The van der Waals surface area contributed by atoms with Crippen molar-refractivity contribution in [2.75, 3.05) is 17.6 Å². The molecule has 5 rings (SSSR count). The fraction of sp³-hybridized carbons (Fsp3) is 0.174. The number of hydrogen-bond donors (Lipinski definition) is 2. The molecule has 3 heterocycles. The van der Waals surface area contributed by atoms with Crippen molar-refractivity contribution in [2.45, 2.75) is 17.1 Å². The van der Waals surface area contributed by atoms with Crippen molar-refractivity contribution in [1.29, 1.82) is 0 Å². The number of hydrogen-bond acceptors (Lipinski definition) is 7. The minimum absolute atomic E-state index is 0.0533. The van der Waals surface area contributed by atoms with Gasteiger partial charge in [-0.3, -0.25) is 9.59 Å². The molecule has 2 N–H and O–H groups in total. The summed E-state index contributed by atoms with van der Waals surface area (Å²) in [7, 11) is -3.76. The van der Waals surface area contributed by atoms with E-state index in [0.717, 1.165) is 40.1 Å². The number of rotatable bonds is 6. The summed E-state index contributed by atoms with van der Waals surface area (Å²) >= 11 is 6.70. The van der Waals surface area contributed by atoms with Crippen molar-refractivity contribution in [1.82, 2.24) is 9.55 Å². The highest BCUT2D eigenvalue weighted by Crippen LogP contribution is 2.28. The van der Waals surface area contributed by atoms with Crippen LogP contribution in [-0.4, -0.2) is 36.0 Å². The number of halogens is 1. The first-order valence-corrected chi connectivity index (χ1v) is 13.2. The summed E-state index contributed by atoms with van der Waals surface area (Å²) in [6, 6.07) is 12.7. The molecule has 0 spiro atoms. The summed E-state index contributed by atoms with van der Waals surface area (Å²) in [5, 5.41) is 3.64. The first-order chi connectivity index (χ1) is 16.2. The first kappa shape index (κ1) is 22.6. The Kier molecular flexibility index (Phi) is 5.67. The van der Waals surface area contributed by atoms with E-state index in [1.54, 1.807) is 30.3 Å². The average Bonchev–Trinajstić information content (AvgIpc) is 3.44. The van der Waals surface area contributed by atoms with Gasteiger partial charge in [-0.05, 0) is 48.4 Å². The van der Waals surface area contributed by atoms with Crippen LogP contribution in [0.1, 0.15) is 11.1 Å². The van der Waals surface area contributed by atoms with E-state index in [-0.39, 0.29) is 10.6 Å². The Morgan fingerprint density at radius 3 is 2.53 bits per heavy atom. The van der Waals surface area contributed by atoms with Crippen LogP contribution in [0.5, 0.6) is 0 Å². The molecule has 0 aliphatic carbocycles. The fourth-order valence-corrected chi connectivity index (χ4v) is 6.93. The molecule has 4 aromatic rings. The monoisotopic (exact) mass is 515 g/mol. The lowest BCUT2D eigenvalue weighted by Gasteiger charge is -2.10. The zero-order chi connectivity index (χ0) is 24.0. The predicted octanol–water partition coefficient (Wildman–Crippen LogP) is 2.95. The maximum absolute atomic E-state index is 13.1. The predicted molar refractivity (Wildman–Crippen MR) is 132 cm³/mol. The van der Waals surface area contributed by atoms with Gasteiger partial charge in [0.15, 0.2) is 15.6 Å². The van der Waals surface area contributed by atoms with Crippen molar-refractivity contribution in [3.05, 3.63) is 84.8 Å². The van der Waals surface area contributed by atoms with Crippen LogP contribution in [-0.2, 0) is 27.5 Å². The number of carbonyl (C=O) groups is 1. The molecule has 0 saturated carbocycles. The number of aromatic nitrogens is 2. The third-order valence-electron chi connectivity index (χ3n) is 5.67. The molecule has 2 aromatic heterocycles. The number of sulfone groups is 1. The molecule has 0 radical (unpaired) electrons. The first-order valence-electron chi connectivity index (χ1n) is 10.4. The zero-order valence-corrected chi connectivity index (χ0v) is 20.0. The third-order valence-corrected chi connectivity index (χ3v) is 9.16. The molecule has 0 fully saturated rings. The lowest BCUT2D eigenvalue weighted by Crippen LogP contribution is -2.33. The standard InChI is InChI=1S/C23H18ClN3O5S2/c24-19-7-8-20(33-19)34(31,32)12-15(28)11-13-1-3-14(4-2-13)27-22(29)17-5-6-18-16(9-10-25-18)21(17)26-23(27)30/h1-8,25H,9-12H2,(H,26,30). The van der Waals surface area contributed by atoms with Crippen LogP contribution in [0.2, 0.25) is 4.34 Å². The van der Waals surface area contributed by atoms with Gasteiger partial charge in [0.25, 0.3) is 5.56 Å². The van der Waals surface area contributed by atoms with Crippen molar-refractivity contribution in [2.24, 2.45) is 0 Å². The Morgan fingerprint density at radius 2 is 1.82 bits per heavy atom. The highest BCUT2D eigenvalue weighted by Gasteiger charge is 2.22. The Bertz CT molecular complexity index is 1670. The third kappa shape index (κ3) is 4.08. The number of thiophene rings is 1. The summed E-state index contributed by atoms with van der Waals surface area (Å²) in [6.07, 6.45) is 0.630. The van der Waals surface area contributed by atoms with Crippen LogP contribution < -0.4 is 16.6 Å². The molecule has 174 valence electrons. The normalized spacial score (nSPS) is 13.1. The number of ketones is 1. The van der Waals surface area contributed by atoms with E-state index in [4.69, 9.17) is 11.6 Å². The molecule has 8 nitrogen and oxygen atoms in total. The summed E-state index contributed by atoms with van der Waals surface area (Å²) < 4.78 is 26.2. The lowest BCUT2D eigenvalue weighted by molar-refractivity contribution is -0.116. The number of anilines is 1. The van der Waals surface area contributed by atoms with E-state index in [1.165, 1.54) is 12.1 Å². The van der Waals surface area contributed by atoms with Crippen molar-refractivity contribution in [3.8, 4) is 5.69 Å². The molecule has 1 aliphatic rings. The second-order valence-electron chi connectivity index (χ2n) is 7.96. The van der Waals surface area contributed by atoms with E-state index in [1.807, 2.05) is 6.07 Å². The minimum atomic E-state index is -3.76. The minimum Gasteiger partial charge on any atom is -0.384 e. The molecular formula is C23H18ClN3O5S2. The van der Waals surface area contributed by atoms with E-state index >= 15 is 0 Å². The zero-order valence-electron chi connectivity index (χ0n) is 17.6. The van der Waals surface area contributed by atoms with E-state index in [9.17, 15) is 22.8 Å². The SMILES string of the molecule is O=C(Cc1ccc(-n2c(=O)[nH]c3c4c(ccc3c2=O)NCC4)cc1)CS(=O)(=O)c1ccc(Cl)s1. The Morgan fingerprint density at radius 1 is 1.06 bits per heavy atom. The van der Waals surface area contributed by atoms with E-state index in [2.05, 4.69) is 10.3 Å². The molecule has 0 unspecified atom stereocenters. The lowest BCUT2D eigenvalue weighted by atomic mass is 10.1. The number of carbonyl (C=O) groups excluding carboxylic acids is 1. The van der Waals surface area contributed by atoms with Gasteiger partial charge in [0.1, 0.15) is 9.96 Å². The van der Waals surface area contributed by atoms with Gasteiger partial charge in [-0.15, -0.1) is 11.3 Å². The number of benzene rings is 2. The second kappa shape index (κ2) is 8.53. The van der Waals surface area contributed by atoms with E-state index < -0.39 is 32.6 Å². The maximum Gasteiger partial charge on any atom is 0.333 e. The van der Waals surface area contributed by atoms with Gasteiger partial charge in [-0.2, -0.15) is 0 Å². The average molecular weight is 516 g/mol. The molecule has 11 heteroatoms. The van der Waals surface area contributed by atoms with Crippen LogP contribution in [0.25, 0.3) is 16.6 Å². The fourth-order valence-electron chi connectivity index (χ4n) is 4.12. The van der Waals surface area contributed by atoms with Crippen LogP contribution in [0.15, 0.2) is 62.3 Å². The summed E-state index contributed by atoms with van der Waals surface area (Å²) in [5.74, 6) is -1.10.